The summed E-state index contributed by atoms with van der Waals surface area (Å²) >= 11 is 0. The number of likely N-dealkylation sites (N-methyl/N-ethyl adjacent to an activating group) is 1. The summed E-state index contributed by atoms with van der Waals surface area (Å²) in [6.45, 7) is 0.399. The van der Waals surface area contributed by atoms with E-state index in [9.17, 15) is 9.59 Å². The number of hydrogen-bond donors (Lipinski definition) is 2. The highest BCUT2D eigenvalue weighted by Crippen LogP contribution is 1.86. The van der Waals surface area contributed by atoms with Crippen LogP contribution < -0.4 is 5.32 Å². The molecule has 0 radical (unpaired) electrons. The Hall–Kier alpha value is -1.61. The van der Waals surface area contributed by atoms with Crippen molar-refractivity contribution in [2.45, 2.75) is 6.42 Å². The lowest BCUT2D eigenvalue weighted by Crippen LogP contribution is -2.36. The van der Waals surface area contributed by atoms with Crippen molar-refractivity contribution in [1.29, 1.82) is 5.26 Å². The molecule has 0 heterocycles. The first-order valence-corrected chi connectivity index (χ1v) is 4.10. The Morgan fingerprint density at radius 3 is 2.71 bits per heavy atom. The van der Waals surface area contributed by atoms with E-state index in [1.165, 1.54) is 0 Å². The van der Waals surface area contributed by atoms with Crippen LogP contribution in [0, 0.1) is 11.3 Å². The van der Waals surface area contributed by atoms with Crippen LogP contribution in [0.3, 0.4) is 0 Å². The highest BCUT2D eigenvalue weighted by Gasteiger charge is 2.06. The van der Waals surface area contributed by atoms with Crippen LogP contribution in [0.4, 0.5) is 0 Å². The molecule has 0 saturated carbocycles. The second-order valence-corrected chi connectivity index (χ2v) is 2.82. The number of nitrogens with zero attached hydrogens (tertiary/aromatic N) is 2. The van der Waals surface area contributed by atoms with Gasteiger partial charge in [-0.25, -0.2) is 0 Å². The zero-order chi connectivity index (χ0) is 11.0. The molecule has 0 spiro atoms. The zero-order valence-electron chi connectivity index (χ0n) is 7.99. The molecular formula is C8H13N3O3. The Balaban J connectivity index is 3.61. The molecule has 0 saturated heterocycles. The van der Waals surface area contributed by atoms with Gasteiger partial charge in [0.25, 0.3) is 0 Å². The first-order chi connectivity index (χ1) is 6.56. The van der Waals surface area contributed by atoms with Crippen LogP contribution in [-0.2, 0) is 9.59 Å². The van der Waals surface area contributed by atoms with Crippen molar-refractivity contribution in [2.24, 2.45) is 0 Å². The minimum Gasteiger partial charge on any atom is -0.481 e. The number of carbonyl (C=O) groups excluding carboxylic acids is 1. The van der Waals surface area contributed by atoms with E-state index in [-0.39, 0.29) is 25.4 Å². The van der Waals surface area contributed by atoms with E-state index in [1.54, 1.807) is 18.0 Å². The lowest BCUT2D eigenvalue weighted by molar-refractivity contribution is -0.137. The summed E-state index contributed by atoms with van der Waals surface area (Å²) in [6.07, 6.45) is 0.00201. The van der Waals surface area contributed by atoms with E-state index in [1.807, 2.05) is 0 Å². The van der Waals surface area contributed by atoms with Gasteiger partial charge < -0.3 is 10.4 Å². The number of hydrogen-bond acceptors (Lipinski definition) is 4. The van der Waals surface area contributed by atoms with Crippen molar-refractivity contribution in [3.8, 4) is 6.07 Å². The molecule has 14 heavy (non-hydrogen) atoms. The highest BCUT2D eigenvalue weighted by atomic mass is 16.4. The van der Waals surface area contributed by atoms with Crippen LogP contribution in [-0.4, -0.2) is 48.6 Å². The molecule has 6 heteroatoms. The maximum atomic E-state index is 11.0. The van der Waals surface area contributed by atoms with Crippen LogP contribution >= 0.6 is 0 Å². The molecule has 0 aromatic heterocycles. The second-order valence-electron chi connectivity index (χ2n) is 2.82. The fraction of sp³-hybridized carbons (Fsp3) is 0.625. The van der Waals surface area contributed by atoms with E-state index < -0.39 is 5.97 Å². The first kappa shape index (κ1) is 12.4. The third kappa shape index (κ3) is 7.06. The molecule has 6 nitrogen and oxygen atoms in total. The Morgan fingerprint density at radius 1 is 1.57 bits per heavy atom. The summed E-state index contributed by atoms with van der Waals surface area (Å²) in [5.74, 6) is -1.17. The summed E-state index contributed by atoms with van der Waals surface area (Å²) < 4.78 is 0. The molecular weight excluding hydrogens is 186 g/mol. The van der Waals surface area contributed by atoms with Crippen LogP contribution in [0.5, 0.6) is 0 Å². The van der Waals surface area contributed by atoms with Gasteiger partial charge in [0.1, 0.15) is 6.54 Å². The van der Waals surface area contributed by atoms with E-state index >= 15 is 0 Å². The normalized spacial score (nSPS) is 9.50. The second kappa shape index (κ2) is 6.86. The fourth-order valence-corrected chi connectivity index (χ4v) is 0.805. The predicted molar refractivity (Wildman–Crippen MR) is 48.4 cm³/mol. The van der Waals surface area contributed by atoms with Gasteiger partial charge in [0, 0.05) is 6.54 Å². The molecule has 0 aromatic rings. The standard InChI is InChI=1S/C8H13N3O3/c1-11(5-2-8(13)14)6-7(12)10-4-3-9/h2,4-6H2,1H3,(H,10,12)(H,13,14). The lowest BCUT2D eigenvalue weighted by atomic mass is 10.4. The summed E-state index contributed by atoms with van der Waals surface area (Å²) in [6, 6.07) is 1.78. The van der Waals surface area contributed by atoms with Gasteiger partial charge in [0.05, 0.1) is 19.0 Å². The molecule has 0 aliphatic rings. The van der Waals surface area contributed by atoms with Gasteiger partial charge in [0.15, 0.2) is 0 Å². The molecule has 0 aliphatic heterocycles. The van der Waals surface area contributed by atoms with Gasteiger partial charge in [-0.2, -0.15) is 5.26 Å². The minimum absolute atomic E-state index is 0.00201. The number of amides is 1. The number of carboxylic acids is 1. The SMILES string of the molecule is CN(CCC(=O)O)CC(=O)NCC#N. The van der Waals surface area contributed by atoms with Crippen molar-refractivity contribution in [1.82, 2.24) is 10.2 Å². The molecule has 0 atom stereocenters. The third-order valence-electron chi connectivity index (χ3n) is 1.49. The molecule has 0 unspecified atom stereocenters. The molecule has 1 amide bonds. The number of carboxylic acid groups (broad SMARTS) is 1. The maximum absolute atomic E-state index is 11.0. The quantitative estimate of drug-likeness (QED) is 0.537. The van der Waals surface area contributed by atoms with E-state index in [0.29, 0.717) is 6.54 Å². The number of aliphatic carboxylic acids is 1. The smallest absolute Gasteiger partial charge is 0.304 e. The average molecular weight is 199 g/mol. The molecule has 0 aromatic carbocycles. The van der Waals surface area contributed by atoms with Crippen molar-refractivity contribution in [3.63, 3.8) is 0 Å². The van der Waals surface area contributed by atoms with E-state index in [2.05, 4.69) is 5.32 Å². The minimum atomic E-state index is -0.894. The van der Waals surface area contributed by atoms with Crippen molar-refractivity contribution in [2.75, 3.05) is 26.7 Å². The van der Waals surface area contributed by atoms with Crippen LogP contribution in [0.25, 0.3) is 0 Å². The van der Waals surface area contributed by atoms with Gasteiger partial charge in [-0.3, -0.25) is 14.5 Å². The van der Waals surface area contributed by atoms with Crippen LogP contribution in [0.15, 0.2) is 0 Å². The van der Waals surface area contributed by atoms with Crippen LogP contribution in [0.1, 0.15) is 6.42 Å². The molecule has 0 bridgehead atoms. The monoisotopic (exact) mass is 199 g/mol. The molecule has 78 valence electrons. The molecule has 2 N–H and O–H groups in total. The maximum Gasteiger partial charge on any atom is 0.304 e. The predicted octanol–water partition coefficient (Wildman–Crippen LogP) is -0.967. The lowest BCUT2D eigenvalue weighted by Gasteiger charge is -2.13. The topological polar surface area (TPSA) is 93.4 Å². The number of nitriles is 1. The van der Waals surface area contributed by atoms with Gasteiger partial charge in [-0.1, -0.05) is 0 Å². The van der Waals surface area contributed by atoms with Crippen molar-refractivity contribution < 1.29 is 14.7 Å². The van der Waals surface area contributed by atoms with Crippen molar-refractivity contribution >= 4 is 11.9 Å². The van der Waals surface area contributed by atoms with Gasteiger partial charge in [-0.05, 0) is 7.05 Å². The number of nitrogens with one attached hydrogen (secondary N) is 1. The average Bonchev–Trinajstić information content (AvgIpc) is 2.11. The fourth-order valence-electron chi connectivity index (χ4n) is 0.805. The summed E-state index contributed by atoms with van der Waals surface area (Å²) in [7, 11) is 1.65. The Bertz CT molecular complexity index is 247. The van der Waals surface area contributed by atoms with Crippen LogP contribution in [0.2, 0.25) is 0 Å². The van der Waals surface area contributed by atoms with Crippen molar-refractivity contribution in [3.05, 3.63) is 0 Å². The molecule has 0 rings (SSSR count). The Labute approximate surface area is 82.1 Å². The molecule has 0 aliphatic carbocycles. The summed E-state index contributed by atoms with van der Waals surface area (Å²) in [4.78, 5) is 22.8. The summed E-state index contributed by atoms with van der Waals surface area (Å²) in [5, 5.41) is 18.9. The molecule has 0 fully saturated rings. The van der Waals surface area contributed by atoms with E-state index in [4.69, 9.17) is 10.4 Å². The first-order valence-electron chi connectivity index (χ1n) is 4.10. The van der Waals surface area contributed by atoms with Gasteiger partial charge in [0.2, 0.25) is 5.91 Å². The number of rotatable bonds is 6. The zero-order valence-corrected chi connectivity index (χ0v) is 7.99. The Kier molecular flexibility index (Phi) is 6.07. The summed E-state index contributed by atoms with van der Waals surface area (Å²) in [5.41, 5.74) is 0. The number of carbonyl (C=O) groups is 2. The van der Waals surface area contributed by atoms with Gasteiger partial charge in [-0.15, -0.1) is 0 Å². The third-order valence-corrected chi connectivity index (χ3v) is 1.49. The van der Waals surface area contributed by atoms with E-state index in [0.717, 1.165) is 0 Å². The largest absolute Gasteiger partial charge is 0.481 e. The highest BCUT2D eigenvalue weighted by molar-refractivity contribution is 5.78. The Morgan fingerprint density at radius 2 is 2.21 bits per heavy atom. The van der Waals surface area contributed by atoms with Gasteiger partial charge >= 0.3 is 5.97 Å².